The van der Waals surface area contributed by atoms with Crippen LogP contribution in [0.5, 0.6) is 5.75 Å². The zero-order valence-corrected chi connectivity index (χ0v) is 11.7. The number of amides is 2. The number of fused-ring (bicyclic) bond motifs is 1. The van der Waals surface area contributed by atoms with Crippen molar-refractivity contribution in [2.45, 2.75) is 26.4 Å². The van der Waals surface area contributed by atoms with Crippen LogP contribution in [0.2, 0.25) is 0 Å². The number of rotatable bonds is 5. The van der Waals surface area contributed by atoms with Gasteiger partial charge in [0.15, 0.2) is 6.10 Å². The lowest BCUT2D eigenvalue weighted by Gasteiger charge is -2.23. The number of carbonyl (C=O) groups excluding carboxylic acids is 2. The summed E-state index contributed by atoms with van der Waals surface area (Å²) in [5.41, 5.74) is 1.22. The van der Waals surface area contributed by atoms with Crippen molar-refractivity contribution >= 4 is 23.2 Å². The molecule has 1 aliphatic heterocycles. The van der Waals surface area contributed by atoms with Crippen LogP contribution < -0.4 is 20.7 Å². The van der Waals surface area contributed by atoms with Crippen LogP contribution in [0.25, 0.3) is 0 Å². The molecule has 2 amide bonds. The van der Waals surface area contributed by atoms with Gasteiger partial charge in [-0.3, -0.25) is 9.59 Å². The third-order valence-electron chi connectivity index (χ3n) is 2.97. The summed E-state index contributed by atoms with van der Waals surface area (Å²) in [6.45, 7) is 5.16. The Kier molecular flexibility index (Phi) is 4.57. The van der Waals surface area contributed by atoms with E-state index >= 15 is 0 Å². The highest BCUT2D eigenvalue weighted by molar-refractivity contribution is 5.99. The van der Waals surface area contributed by atoms with Gasteiger partial charge in [-0.1, -0.05) is 6.92 Å². The van der Waals surface area contributed by atoms with Gasteiger partial charge >= 0.3 is 0 Å². The Morgan fingerprint density at radius 2 is 2.25 bits per heavy atom. The van der Waals surface area contributed by atoms with Crippen LogP contribution in [-0.2, 0) is 9.59 Å². The number of nitrogens with one attached hydrogen (secondary N) is 3. The highest BCUT2D eigenvalue weighted by Gasteiger charge is 2.23. The maximum atomic E-state index is 11.7. The van der Waals surface area contributed by atoms with Crippen LogP contribution in [0.3, 0.4) is 0 Å². The molecule has 1 aromatic carbocycles. The van der Waals surface area contributed by atoms with Crippen molar-refractivity contribution in [2.75, 3.05) is 23.7 Å². The molecule has 1 aromatic rings. The first-order valence-electron chi connectivity index (χ1n) is 6.72. The number of carbonyl (C=O) groups is 2. The highest BCUT2D eigenvalue weighted by Crippen LogP contribution is 2.32. The molecule has 0 aromatic heterocycles. The van der Waals surface area contributed by atoms with Crippen LogP contribution in [0.1, 0.15) is 20.3 Å². The summed E-state index contributed by atoms with van der Waals surface area (Å²) in [6.07, 6.45) is -0.0896. The summed E-state index contributed by atoms with van der Waals surface area (Å²) >= 11 is 0. The lowest BCUT2D eigenvalue weighted by Crippen LogP contribution is -2.34. The quantitative estimate of drug-likeness (QED) is 0.710. The van der Waals surface area contributed by atoms with E-state index in [9.17, 15) is 9.59 Å². The summed E-state index contributed by atoms with van der Waals surface area (Å²) in [7, 11) is 0. The molecule has 2 rings (SSSR count). The number of hydrogen-bond acceptors (Lipinski definition) is 4. The van der Waals surface area contributed by atoms with E-state index < -0.39 is 6.10 Å². The largest absolute Gasteiger partial charge is 0.479 e. The Morgan fingerprint density at radius 3 is 3.00 bits per heavy atom. The fraction of sp³-hybridized carbons (Fsp3) is 0.429. The van der Waals surface area contributed by atoms with Crippen molar-refractivity contribution < 1.29 is 14.3 Å². The zero-order valence-electron chi connectivity index (χ0n) is 11.7. The van der Waals surface area contributed by atoms with Crippen molar-refractivity contribution in [3.63, 3.8) is 0 Å². The van der Waals surface area contributed by atoms with Gasteiger partial charge in [0.05, 0.1) is 5.69 Å². The minimum atomic E-state index is -0.497. The molecule has 6 heteroatoms. The van der Waals surface area contributed by atoms with Gasteiger partial charge in [-0.25, -0.2) is 0 Å². The predicted molar refractivity (Wildman–Crippen MR) is 77.0 cm³/mol. The van der Waals surface area contributed by atoms with Gasteiger partial charge in [0.1, 0.15) is 5.75 Å². The fourth-order valence-corrected chi connectivity index (χ4v) is 1.89. The van der Waals surface area contributed by atoms with E-state index in [4.69, 9.17) is 4.74 Å². The molecule has 1 atom stereocenters. The third-order valence-corrected chi connectivity index (χ3v) is 2.97. The lowest BCUT2D eigenvalue weighted by atomic mass is 10.2. The Balaban J connectivity index is 1.99. The summed E-state index contributed by atoms with van der Waals surface area (Å²) in [6, 6.07) is 5.20. The van der Waals surface area contributed by atoms with E-state index in [0.29, 0.717) is 30.1 Å². The van der Waals surface area contributed by atoms with E-state index in [1.165, 1.54) is 0 Å². The van der Waals surface area contributed by atoms with Gasteiger partial charge < -0.3 is 20.7 Å². The summed E-state index contributed by atoms with van der Waals surface area (Å²) in [5, 5.41) is 8.63. The van der Waals surface area contributed by atoms with Gasteiger partial charge in [-0.05, 0) is 31.7 Å². The van der Waals surface area contributed by atoms with Crippen molar-refractivity contribution in [3.8, 4) is 5.75 Å². The maximum absolute atomic E-state index is 11.7. The van der Waals surface area contributed by atoms with E-state index in [0.717, 1.165) is 6.54 Å². The molecule has 20 heavy (non-hydrogen) atoms. The van der Waals surface area contributed by atoms with Crippen LogP contribution >= 0.6 is 0 Å². The number of ether oxygens (including phenoxy) is 1. The highest BCUT2D eigenvalue weighted by atomic mass is 16.5. The molecule has 1 unspecified atom stereocenters. The number of hydrogen-bond donors (Lipinski definition) is 3. The van der Waals surface area contributed by atoms with Crippen molar-refractivity contribution in [2.24, 2.45) is 0 Å². The van der Waals surface area contributed by atoms with Crippen LogP contribution in [0.15, 0.2) is 18.2 Å². The molecule has 1 aliphatic rings. The van der Waals surface area contributed by atoms with Gasteiger partial charge in [0.25, 0.3) is 5.91 Å². The Labute approximate surface area is 117 Å². The molecule has 0 fully saturated rings. The molecular formula is C14H19N3O3. The van der Waals surface area contributed by atoms with E-state index in [2.05, 4.69) is 16.0 Å². The molecule has 1 heterocycles. The summed E-state index contributed by atoms with van der Waals surface area (Å²) in [4.78, 5) is 23.2. The molecule has 3 N–H and O–H groups in total. The molecule has 0 aliphatic carbocycles. The first-order chi connectivity index (χ1) is 9.60. The number of benzene rings is 1. The predicted octanol–water partition coefficient (Wildman–Crippen LogP) is 1.34. The molecular weight excluding hydrogens is 258 g/mol. The molecule has 0 spiro atoms. The standard InChI is InChI=1S/C14H19N3O3/c1-3-15-7-6-13(18)16-10-4-5-12-11(8-10)17-14(19)9(2)20-12/h4-5,8-9,15H,3,6-7H2,1-2H3,(H,16,18)(H,17,19). The summed E-state index contributed by atoms with van der Waals surface area (Å²) < 4.78 is 5.45. The molecule has 0 saturated carbocycles. The van der Waals surface area contributed by atoms with Gasteiger partial charge in [0, 0.05) is 18.7 Å². The van der Waals surface area contributed by atoms with Crippen LogP contribution in [0.4, 0.5) is 11.4 Å². The second-order valence-electron chi connectivity index (χ2n) is 4.61. The topological polar surface area (TPSA) is 79.5 Å². The molecule has 6 nitrogen and oxygen atoms in total. The van der Waals surface area contributed by atoms with Crippen LogP contribution in [-0.4, -0.2) is 31.0 Å². The second kappa shape index (κ2) is 6.38. The van der Waals surface area contributed by atoms with Crippen molar-refractivity contribution in [1.82, 2.24) is 5.32 Å². The number of anilines is 2. The molecule has 0 radical (unpaired) electrons. The van der Waals surface area contributed by atoms with Gasteiger partial charge in [-0.15, -0.1) is 0 Å². The third kappa shape index (κ3) is 3.48. The van der Waals surface area contributed by atoms with Crippen molar-refractivity contribution in [1.29, 1.82) is 0 Å². The van der Waals surface area contributed by atoms with E-state index in [1.807, 2.05) is 6.92 Å². The minimum Gasteiger partial charge on any atom is -0.479 e. The average Bonchev–Trinajstić information content (AvgIpc) is 2.41. The minimum absolute atomic E-state index is 0.0673. The van der Waals surface area contributed by atoms with Gasteiger partial charge in [-0.2, -0.15) is 0 Å². The first-order valence-corrected chi connectivity index (χ1v) is 6.72. The van der Waals surface area contributed by atoms with Gasteiger partial charge in [0.2, 0.25) is 5.91 Å². The Morgan fingerprint density at radius 1 is 1.45 bits per heavy atom. The second-order valence-corrected chi connectivity index (χ2v) is 4.61. The molecule has 108 valence electrons. The normalized spacial score (nSPS) is 16.9. The maximum Gasteiger partial charge on any atom is 0.265 e. The van der Waals surface area contributed by atoms with E-state index in [-0.39, 0.29) is 11.8 Å². The Bertz CT molecular complexity index is 516. The average molecular weight is 277 g/mol. The van der Waals surface area contributed by atoms with Crippen LogP contribution in [0, 0.1) is 0 Å². The first kappa shape index (κ1) is 14.3. The fourth-order valence-electron chi connectivity index (χ4n) is 1.89. The molecule has 0 saturated heterocycles. The van der Waals surface area contributed by atoms with Crippen molar-refractivity contribution in [3.05, 3.63) is 18.2 Å². The molecule has 0 bridgehead atoms. The van der Waals surface area contributed by atoms with E-state index in [1.54, 1.807) is 25.1 Å². The Hall–Kier alpha value is -2.08. The lowest BCUT2D eigenvalue weighted by molar-refractivity contribution is -0.122. The smallest absolute Gasteiger partial charge is 0.265 e. The zero-order chi connectivity index (χ0) is 14.5. The monoisotopic (exact) mass is 277 g/mol. The SMILES string of the molecule is CCNCCC(=O)Nc1ccc2c(c1)NC(=O)C(C)O2. The summed E-state index contributed by atoms with van der Waals surface area (Å²) in [5.74, 6) is 0.359.